The number of aliphatic carboxylic acids is 1. The number of primary amides is 1. The summed E-state index contributed by atoms with van der Waals surface area (Å²) in [6.45, 7) is -0.0355. The fraction of sp³-hybridized carbons (Fsp3) is 0.438. The quantitative estimate of drug-likeness (QED) is 0.778. The van der Waals surface area contributed by atoms with Gasteiger partial charge in [-0.2, -0.15) is 0 Å². The first kappa shape index (κ1) is 18.9. The molecule has 1 saturated heterocycles. The Bertz CT molecular complexity index is 693. The topological polar surface area (TPSA) is 119 Å². The van der Waals surface area contributed by atoms with E-state index in [1.807, 2.05) is 0 Å². The summed E-state index contributed by atoms with van der Waals surface area (Å²) >= 11 is 6.13. The summed E-state index contributed by atoms with van der Waals surface area (Å²) in [6.07, 6.45) is 1.90. The Morgan fingerprint density at radius 1 is 1.36 bits per heavy atom. The van der Waals surface area contributed by atoms with Crippen molar-refractivity contribution in [3.63, 3.8) is 0 Å². The normalized spacial score (nSPS) is 17.0. The fourth-order valence-corrected chi connectivity index (χ4v) is 2.99. The van der Waals surface area contributed by atoms with Crippen LogP contribution in [0, 0.1) is 0 Å². The van der Waals surface area contributed by atoms with Crippen LogP contribution in [0.4, 0.5) is 0 Å². The second kappa shape index (κ2) is 8.06. The number of methoxy groups -OCH3 is 1. The maximum atomic E-state index is 12.7. The Labute approximate surface area is 149 Å². The molecule has 0 radical (unpaired) electrons. The summed E-state index contributed by atoms with van der Waals surface area (Å²) < 4.78 is 10.4. The SMILES string of the molecule is COc1cc(C(=O)N2CCCCC2C(=O)O)cc(Cl)c1OCC(N)=O. The van der Waals surface area contributed by atoms with Crippen LogP contribution >= 0.6 is 11.6 Å². The fourth-order valence-electron chi connectivity index (χ4n) is 2.72. The van der Waals surface area contributed by atoms with Crippen molar-refractivity contribution in [2.45, 2.75) is 25.3 Å². The van der Waals surface area contributed by atoms with E-state index in [2.05, 4.69) is 0 Å². The lowest BCUT2D eigenvalue weighted by Gasteiger charge is -2.33. The van der Waals surface area contributed by atoms with Crippen molar-refractivity contribution < 1.29 is 29.0 Å². The van der Waals surface area contributed by atoms with Gasteiger partial charge in [0.2, 0.25) is 0 Å². The monoisotopic (exact) mass is 370 g/mol. The van der Waals surface area contributed by atoms with E-state index in [1.165, 1.54) is 24.1 Å². The number of carbonyl (C=O) groups excluding carboxylic acids is 2. The molecule has 1 atom stereocenters. The highest BCUT2D eigenvalue weighted by molar-refractivity contribution is 6.32. The number of piperidine rings is 1. The lowest BCUT2D eigenvalue weighted by atomic mass is 10.0. The molecule has 2 amide bonds. The number of carboxylic acids is 1. The van der Waals surface area contributed by atoms with E-state index in [9.17, 15) is 19.5 Å². The van der Waals surface area contributed by atoms with Crippen LogP contribution in [0.2, 0.25) is 5.02 Å². The van der Waals surface area contributed by atoms with E-state index in [0.29, 0.717) is 13.0 Å². The van der Waals surface area contributed by atoms with Gasteiger partial charge in [0.1, 0.15) is 6.04 Å². The minimum atomic E-state index is -1.03. The van der Waals surface area contributed by atoms with Gasteiger partial charge in [-0.15, -0.1) is 0 Å². The summed E-state index contributed by atoms with van der Waals surface area (Å²) in [4.78, 5) is 36.3. The van der Waals surface area contributed by atoms with Crippen molar-refractivity contribution in [1.82, 2.24) is 4.90 Å². The predicted molar refractivity (Wildman–Crippen MR) is 89.0 cm³/mol. The molecule has 2 rings (SSSR count). The van der Waals surface area contributed by atoms with Crippen LogP contribution in [0.15, 0.2) is 12.1 Å². The molecule has 25 heavy (non-hydrogen) atoms. The van der Waals surface area contributed by atoms with Crippen LogP contribution in [-0.4, -0.2) is 54.1 Å². The molecule has 0 spiro atoms. The van der Waals surface area contributed by atoms with E-state index in [1.54, 1.807) is 0 Å². The van der Waals surface area contributed by atoms with Crippen LogP contribution in [0.1, 0.15) is 29.6 Å². The maximum Gasteiger partial charge on any atom is 0.326 e. The highest BCUT2D eigenvalue weighted by Gasteiger charge is 2.33. The Hall–Kier alpha value is -2.48. The minimum Gasteiger partial charge on any atom is -0.493 e. The van der Waals surface area contributed by atoms with Crippen molar-refractivity contribution in [2.24, 2.45) is 5.73 Å². The van der Waals surface area contributed by atoms with Crippen molar-refractivity contribution in [3.8, 4) is 11.5 Å². The Kier molecular flexibility index (Phi) is 6.08. The number of halogens is 1. The molecule has 1 aromatic carbocycles. The maximum absolute atomic E-state index is 12.7. The third kappa shape index (κ3) is 4.33. The number of hydrogen-bond donors (Lipinski definition) is 2. The molecule has 1 fully saturated rings. The second-order valence-corrected chi connectivity index (χ2v) is 6.00. The largest absolute Gasteiger partial charge is 0.493 e. The number of ether oxygens (including phenoxy) is 2. The first-order valence-corrected chi connectivity index (χ1v) is 8.05. The van der Waals surface area contributed by atoms with Gasteiger partial charge >= 0.3 is 5.97 Å². The second-order valence-electron chi connectivity index (χ2n) is 5.59. The van der Waals surface area contributed by atoms with Gasteiger partial charge in [-0.25, -0.2) is 4.79 Å². The van der Waals surface area contributed by atoms with Crippen LogP contribution in [-0.2, 0) is 9.59 Å². The molecule has 0 aliphatic carbocycles. The van der Waals surface area contributed by atoms with E-state index in [0.717, 1.165) is 12.8 Å². The van der Waals surface area contributed by atoms with Crippen molar-refractivity contribution >= 4 is 29.4 Å². The Morgan fingerprint density at radius 3 is 2.68 bits per heavy atom. The van der Waals surface area contributed by atoms with E-state index < -0.39 is 30.4 Å². The lowest BCUT2D eigenvalue weighted by molar-refractivity contribution is -0.143. The van der Waals surface area contributed by atoms with E-state index in [4.69, 9.17) is 26.8 Å². The van der Waals surface area contributed by atoms with E-state index >= 15 is 0 Å². The summed E-state index contributed by atoms with van der Waals surface area (Å²) in [5.41, 5.74) is 5.22. The third-order valence-corrected chi connectivity index (χ3v) is 4.16. The minimum absolute atomic E-state index is 0.0628. The highest BCUT2D eigenvalue weighted by Crippen LogP contribution is 2.37. The number of carbonyl (C=O) groups is 3. The average Bonchev–Trinajstić information content (AvgIpc) is 2.59. The molecule has 9 heteroatoms. The van der Waals surface area contributed by atoms with Gasteiger partial charge < -0.3 is 25.2 Å². The zero-order valence-corrected chi connectivity index (χ0v) is 14.4. The molecule has 1 unspecified atom stereocenters. The van der Waals surface area contributed by atoms with Gasteiger partial charge in [0.05, 0.1) is 12.1 Å². The molecule has 1 heterocycles. The molecule has 0 bridgehead atoms. The summed E-state index contributed by atoms with van der Waals surface area (Å²) in [7, 11) is 1.36. The molecule has 8 nitrogen and oxygen atoms in total. The number of nitrogens with zero attached hydrogens (tertiary/aromatic N) is 1. The molecule has 1 aliphatic rings. The Balaban J connectivity index is 2.32. The van der Waals surface area contributed by atoms with Crippen LogP contribution < -0.4 is 15.2 Å². The molecule has 0 aromatic heterocycles. The molecule has 136 valence electrons. The molecular weight excluding hydrogens is 352 g/mol. The number of benzene rings is 1. The van der Waals surface area contributed by atoms with Crippen molar-refractivity contribution in [2.75, 3.05) is 20.3 Å². The number of carboxylic acid groups (broad SMARTS) is 1. The Morgan fingerprint density at radius 2 is 2.08 bits per heavy atom. The number of hydrogen-bond acceptors (Lipinski definition) is 5. The van der Waals surface area contributed by atoms with Crippen molar-refractivity contribution in [3.05, 3.63) is 22.7 Å². The number of rotatable bonds is 6. The van der Waals surface area contributed by atoms with Gasteiger partial charge in [0.15, 0.2) is 18.1 Å². The molecule has 1 aromatic rings. The van der Waals surface area contributed by atoms with Gasteiger partial charge in [0, 0.05) is 12.1 Å². The molecule has 1 aliphatic heterocycles. The molecule has 3 N–H and O–H groups in total. The van der Waals surface area contributed by atoms with Gasteiger partial charge in [0.25, 0.3) is 11.8 Å². The predicted octanol–water partition coefficient (Wildman–Crippen LogP) is 1.29. The summed E-state index contributed by atoms with van der Waals surface area (Å²) in [6, 6.07) is 1.89. The first-order valence-electron chi connectivity index (χ1n) is 7.67. The van der Waals surface area contributed by atoms with Crippen molar-refractivity contribution in [1.29, 1.82) is 0 Å². The molecular formula is C16H19ClN2O6. The molecule has 0 saturated carbocycles. The summed E-state index contributed by atoms with van der Waals surface area (Å²) in [5, 5.41) is 9.38. The van der Waals surface area contributed by atoms with Crippen LogP contribution in [0.5, 0.6) is 11.5 Å². The highest BCUT2D eigenvalue weighted by atomic mass is 35.5. The smallest absolute Gasteiger partial charge is 0.326 e. The van der Waals surface area contributed by atoms with E-state index in [-0.39, 0.29) is 22.1 Å². The zero-order chi connectivity index (χ0) is 18.6. The zero-order valence-electron chi connectivity index (χ0n) is 13.7. The number of likely N-dealkylation sites (tertiary alicyclic amines) is 1. The third-order valence-electron chi connectivity index (χ3n) is 3.88. The van der Waals surface area contributed by atoms with Crippen LogP contribution in [0.25, 0.3) is 0 Å². The van der Waals surface area contributed by atoms with Gasteiger partial charge in [-0.1, -0.05) is 11.6 Å². The van der Waals surface area contributed by atoms with Gasteiger partial charge in [-0.05, 0) is 31.4 Å². The first-order chi connectivity index (χ1) is 11.8. The van der Waals surface area contributed by atoms with Crippen LogP contribution in [0.3, 0.4) is 0 Å². The standard InChI is InChI=1S/C16H19ClN2O6/c1-24-12-7-9(6-10(17)14(12)25-8-13(18)20)15(21)19-5-3-2-4-11(19)16(22)23/h6-7,11H,2-5,8H2,1H3,(H2,18,20)(H,22,23). The average molecular weight is 371 g/mol. The van der Waals surface area contributed by atoms with Gasteiger partial charge in [-0.3, -0.25) is 9.59 Å². The number of amides is 2. The number of nitrogens with two attached hydrogens (primary N) is 1. The lowest BCUT2D eigenvalue weighted by Crippen LogP contribution is -2.48. The summed E-state index contributed by atoms with van der Waals surface area (Å²) in [5.74, 6) is -1.92.